The van der Waals surface area contributed by atoms with Crippen LogP contribution in [-0.4, -0.2) is 6.61 Å². The fourth-order valence-electron chi connectivity index (χ4n) is 3.02. The van der Waals surface area contributed by atoms with Gasteiger partial charge >= 0.3 is 0 Å². The second-order valence-corrected chi connectivity index (χ2v) is 6.92. The van der Waals surface area contributed by atoms with Gasteiger partial charge in [-0.2, -0.15) is 0 Å². The van der Waals surface area contributed by atoms with Crippen molar-refractivity contribution in [2.75, 3.05) is 6.61 Å². The topological polar surface area (TPSA) is 35.2 Å². The lowest BCUT2D eigenvalue weighted by molar-refractivity contribution is 0.335. The van der Waals surface area contributed by atoms with Crippen LogP contribution in [0.3, 0.4) is 0 Å². The molecule has 3 heteroatoms. The Morgan fingerprint density at radius 1 is 1.24 bits per heavy atom. The predicted molar refractivity (Wildman–Crippen MR) is 89.3 cm³/mol. The van der Waals surface area contributed by atoms with Crippen molar-refractivity contribution in [2.45, 2.75) is 45.6 Å². The maximum atomic E-state index is 6.56. The van der Waals surface area contributed by atoms with Gasteiger partial charge in [-0.15, -0.1) is 11.3 Å². The number of benzene rings is 1. The van der Waals surface area contributed by atoms with E-state index < -0.39 is 0 Å². The molecule has 1 aromatic heterocycles. The summed E-state index contributed by atoms with van der Waals surface area (Å²) in [5.41, 5.74) is 10.4. The van der Waals surface area contributed by atoms with E-state index >= 15 is 0 Å². The molecule has 1 aliphatic carbocycles. The quantitative estimate of drug-likeness (QED) is 0.909. The molecule has 21 heavy (non-hydrogen) atoms. The third kappa shape index (κ3) is 2.99. The maximum Gasteiger partial charge on any atom is 0.124 e. The number of thiophene rings is 1. The van der Waals surface area contributed by atoms with E-state index in [2.05, 4.69) is 25.1 Å². The monoisotopic (exact) mass is 301 g/mol. The Kier molecular flexibility index (Phi) is 4.32. The summed E-state index contributed by atoms with van der Waals surface area (Å²) >= 11 is 1.89. The summed E-state index contributed by atoms with van der Waals surface area (Å²) in [6, 6.07) is 8.53. The predicted octanol–water partition coefficient (Wildman–Crippen LogP) is 4.38. The first kappa shape index (κ1) is 14.6. The van der Waals surface area contributed by atoms with Crippen LogP contribution in [0, 0.1) is 6.92 Å². The third-order valence-electron chi connectivity index (χ3n) is 4.12. The van der Waals surface area contributed by atoms with E-state index in [1.807, 2.05) is 24.3 Å². The van der Waals surface area contributed by atoms with Crippen molar-refractivity contribution in [3.63, 3.8) is 0 Å². The molecule has 0 bridgehead atoms. The van der Waals surface area contributed by atoms with E-state index in [0.29, 0.717) is 6.61 Å². The summed E-state index contributed by atoms with van der Waals surface area (Å²) in [5.74, 6) is 0.918. The van der Waals surface area contributed by atoms with E-state index in [4.69, 9.17) is 10.5 Å². The zero-order chi connectivity index (χ0) is 14.8. The van der Waals surface area contributed by atoms with E-state index in [0.717, 1.165) is 11.3 Å². The maximum absolute atomic E-state index is 6.56. The Hall–Kier alpha value is -1.32. The van der Waals surface area contributed by atoms with Gasteiger partial charge < -0.3 is 10.5 Å². The van der Waals surface area contributed by atoms with Crippen molar-refractivity contribution in [3.05, 3.63) is 50.7 Å². The second-order valence-electron chi connectivity index (χ2n) is 5.76. The van der Waals surface area contributed by atoms with Crippen LogP contribution in [-0.2, 0) is 12.8 Å². The van der Waals surface area contributed by atoms with Gasteiger partial charge in [-0.1, -0.05) is 17.7 Å². The molecule has 0 fully saturated rings. The highest BCUT2D eigenvalue weighted by Crippen LogP contribution is 2.37. The Bertz CT molecular complexity index is 609. The Balaban J connectivity index is 1.95. The van der Waals surface area contributed by atoms with Gasteiger partial charge in [0.05, 0.1) is 12.6 Å². The Morgan fingerprint density at radius 3 is 2.81 bits per heavy atom. The molecule has 1 aromatic carbocycles. The summed E-state index contributed by atoms with van der Waals surface area (Å²) in [5, 5.41) is 0. The summed E-state index contributed by atoms with van der Waals surface area (Å²) < 4.78 is 5.76. The standard InChI is InChI=1S/C18H23NOS/c1-3-20-15-9-8-12(2)10-14(15)18(19)17-11-13-6-4-5-7-16(13)21-17/h8-11,18H,3-7,19H2,1-2H3. The molecule has 0 amide bonds. The number of aryl methyl sites for hydroxylation is 3. The van der Waals surface area contributed by atoms with Gasteiger partial charge in [0.1, 0.15) is 5.75 Å². The SMILES string of the molecule is CCOc1ccc(C)cc1C(N)c1cc2c(s1)CCCC2. The zero-order valence-electron chi connectivity index (χ0n) is 12.8. The Labute approximate surface area is 130 Å². The normalized spacial score (nSPS) is 15.6. The molecule has 2 aromatic rings. The van der Waals surface area contributed by atoms with Gasteiger partial charge in [0, 0.05) is 15.3 Å². The van der Waals surface area contributed by atoms with Crippen LogP contribution in [0.4, 0.5) is 0 Å². The lowest BCUT2D eigenvalue weighted by atomic mass is 9.97. The second kappa shape index (κ2) is 6.20. The minimum absolute atomic E-state index is 0.0814. The van der Waals surface area contributed by atoms with Crippen LogP contribution in [0.1, 0.15) is 52.3 Å². The van der Waals surface area contributed by atoms with Crippen LogP contribution in [0.5, 0.6) is 5.75 Å². The third-order valence-corrected chi connectivity index (χ3v) is 5.44. The molecule has 0 saturated heterocycles. The summed E-state index contributed by atoms with van der Waals surface area (Å²) in [4.78, 5) is 2.81. The molecular formula is C18H23NOS. The highest BCUT2D eigenvalue weighted by atomic mass is 32.1. The fourth-order valence-corrected chi connectivity index (χ4v) is 4.30. The van der Waals surface area contributed by atoms with Crippen molar-refractivity contribution < 1.29 is 4.74 Å². The van der Waals surface area contributed by atoms with Crippen molar-refractivity contribution >= 4 is 11.3 Å². The van der Waals surface area contributed by atoms with Crippen molar-refractivity contribution in [1.82, 2.24) is 0 Å². The number of fused-ring (bicyclic) bond motifs is 1. The minimum atomic E-state index is -0.0814. The van der Waals surface area contributed by atoms with Gasteiger partial charge in [0.15, 0.2) is 0 Å². The van der Waals surface area contributed by atoms with Gasteiger partial charge in [-0.25, -0.2) is 0 Å². The molecule has 3 rings (SSSR count). The van der Waals surface area contributed by atoms with Gasteiger partial charge in [0.25, 0.3) is 0 Å². The van der Waals surface area contributed by atoms with E-state index in [1.165, 1.54) is 46.6 Å². The highest BCUT2D eigenvalue weighted by molar-refractivity contribution is 7.12. The average Bonchev–Trinajstić information content (AvgIpc) is 2.92. The molecule has 1 unspecified atom stereocenters. The number of hydrogen-bond donors (Lipinski definition) is 1. The number of ether oxygens (including phenoxy) is 1. The summed E-state index contributed by atoms with van der Waals surface area (Å²) in [6.07, 6.45) is 5.06. The first-order valence-corrected chi connectivity index (χ1v) is 8.61. The molecule has 2 nitrogen and oxygen atoms in total. The van der Waals surface area contributed by atoms with Crippen molar-refractivity contribution in [1.29, 1.82) is 0 Å². The molecule has 0 radical (unpaired) electrons. The lowest BCUT2D eigenvalue weighted by Crippen LogP contribution is -2.12. The Morgan fingerprint density at radius 2 is 2.05 bits per heavy atom. The average molecular weight is 301 g/mol. The first-order chi connectivity index (χ1) is 10.2. The largest absolute Gasteiger partial charge is 0.494 e. The van der Waals surface area contributed by atoms with Gasteiger partial charge in [-0.3, -0.25) is 0 Å². The minimum Gasteiger partial charge on any atom is -0.494 e. The molecule has 0 saturated carbocycles. The smallest absolute Gasteiger partial charge is 0.124 e. The zero-order valence-corrected chi connectivity index (χ0v) is 13.6. The van der Waals surface area contributed by atoms with Crippen LogP contribution >= 0.6 is 11.3 Å². The molecule has 1 atom stereocenters. The van der Waals surface area contributed by atoms with E-state index in [9.17, 15) is 0 Å². The number of rotatable bonds is 4. The number of hydrogen-bond acceptors (Lipinski definition) is 3. The number of nitrogens with two attached hydrogens (primary N) is 1. The molecule has 1 aliphatic rings. The van der Waals surface area contributed by atoms with Crippen LogP contribution < -0.4 is 10.5 Å². The van der Waals surface area contributed by atoms with E-state index in [1.54, 1.807) is 0 Å². The summed E-state index contributed by atoms with van der Waals surface area (Å²) in [6.45, 7) is 4.79. The summed E-state index contributed by atoms with van der Waals surface area (Å²) in [7, 11) is 0. The molecular weight excluding hydrogens is 278 g/mol. The van der Waals surface area contributed by atoms with Gasteiger partial charge in [0.2, 0.25) is 0 Å². The molecule has 2 N–H and O–H groups in total. The van der Waals surface area contributed by atoms with Gasteiger partial charge in [-0.05, 0) is 57.2 Å². The lowest BCUT2D eigenvalue weighted by Gasteiger charge is -2.16. The highest BCUT2D eigenvalue weighted by Gasteiger charge is 2.20. The van der Waals surface area contributed by atoms with Crippen molar-refractivity contribution in [2.24, 2.45) is 5.73 Å². The molecule has 0 aliphatic heterocycles. The van der Waals surface area contributed by atoms with Crippen LogP contribution in [0.25, 0.3) is 0 Å². The first-order valence-electron chi connectivity index (χ1n) is 7.79. The van der Waals surface area contributed by atoms with Crippen LogP contribution in [0.15, 0.2) is 24.3 Å². The van der Waals surface area contributed by atoms with E-state index in [-0.39, 0.29) is 6.04 Å². The molecule has 112 valence electrons. The molecule has 1 heterocycles. The van der Waals surface area contributed by atoms with Crippen LogP contribution in [0.2, 0.25) is 0 Å². The fraction of sp³-hybridized carbons (Fsp3) is 0.444. The molecule has 0 spiro atoms. The van der Waals surface area contributed by atoms with Crippen molar-refractivity contribution in [3.8, 4) is 5.75 Å².